The predicted molar refractivity (Wildman–Crippen MR) is 139 cm³/mol. The maximum Gasteiger partial charge on any atom is 0.253 e. The quantitative estimate of drug-likeness (QED) is 0.347. The molecule has 4 aromatic rings. The second-order valence-corrected chi connectivity index (χ2v) is 10.1. The summed E-state index contributed by atoms with van der Waals surface area (Å²) in [5, 5.41) is 18.5. The number of aromatic nitrogens is 3. The molecule has 2 aliphatic rings. The molecule has 2 aliphatic heterocycles. The topological polar surface area (TPSA) is 63.4 Å². The van der Waals surface area contributed by atoms with Crippen molar-refractivity contribution in [2.45, 2.75) is 49.8 Å². The van der Waals surface area contributed by atoms with Gasteiger partial charge in [-0.2, -0.15) is 5.10 Å². The highest BCUT2D eigenvalue weighted by Crippen LogP contribution is 2.34. The largest absolute Gasteiger partial charge is 0.306 e. The number of carbonyl (C=O) groups is 1. The van der Waals surface area contributed by atoms with Crippen LogP contribution in [-0.2, 0) is 17.8 Å². The maximum absolute atomic E-state index is 13.5. The summed E-state index contributed by atoms with van der Waals surface area (Å²) < 4.78 is 2.19. The zero-order valence-corrected chi connectivity index (χ0v) is 20.3. The lowest BCUT2D eigenvalue weighted by Gasteiger charge is -2.22. The summed E-state index contributed by atoms with van der Waals surface area (Å²) in [7, 11) is 0. The first-order valence-corrected chi connectivity index (χ1v) is 13.2. The Kier molecular flexibility index (Phi) is 6.08. The molecule has 35 heavy (non-hydrogen) atoms. The van der Waals surface area contributed by atoms with Crippen LogP contribution in [-0.4, -0.2) is 37.1 Å². The molecule has 176 valence electrons. The number of hydrogen-bond donors (Lipinski definition) is 0. The molecule has 1 aromatic heterocycles. The number of hydrazone groups is 1. The number of amides is 1. The van der Waals surface area contributed by atoms with Gasteiger partial charge in [0.15, 0.2) is 5.16 Å². The van der Waals surface area contributed by atoms with Crippen molar-refractivity contribution in [2.75, 3.05) is 5.75 Å². The molecule has 0 N–H and O–H groups in total. The van der Waals surface area contributed by atoms with Crippen molar-refractivity contribution in [1.82, 2.24) is 19.8 Å². The Hall–Kier alpha value is -3.45. The lowest BCUT2D eigenvalue weighted by Crippen LogP contribution is -2.28. The molecule has 0 bridgehead atoms. The van der Waals surface area contributed by atoms with Crippen molar-refractivity contribution in [3.8, 4) is 0 Å². The van der Waals surface area contributed by atoms with E-state index >= 15 is 0 Å². The van der Waals surface area contributed by atoms with Crippen LogP contribution in [0.15, 0.2) is 83.1 Å². The highest BCUT2D eigenvalue weighted by molar-refractivity contribution is 7.99. The van der Waals surface area contributed by atoms with Gasteiger partial charge in [-0.25, -0.2) is 5.01 Å². The van der Waals surface area contributed by atoms with Gasteiger partial charge in [-0.05, 0) is 40.8 Å². The summed E-state index contributed by atoms with van der Waals surface area (Å²) in [6, 6.07) is 24.8. The van der Waals surface area contributed by atoms with Crippen LogP contribution >= 0.6 is 11.8 Å². The molecule has 1 atom stereocenters. The van der Waals surface area contributed by atoms with E-state index in [1.165, 1.54) is 29.0 Å². The zero-order chi connectivity index (χ0) is 23.6. The van der Waals surface area contributed by atoms with Crippen LogP contribution in [0.25, 0.3) is 10.8 Å². The number of benzene rings is 3. The first-order valence-electron chi connectivity index (χ1n) is 12.2. The number of fused-ring (bicyclic) bond motifs is 2. The van der Waals surface area contributed by atoms with Crippen molar-refractivity contribution in [3.05, 3.63) is 89.7 Å². The molecule has 3 aromatic carbocycles. The van der Waals surface area contributed by atoms with E-state index in [2.05, 4.69) is 57.2 Å². The first kappa shape index (κ1) is 22.0. The van der Waals surface area contributed by atoms with Crippen molar-refractivity contribution >= 4 is 34.2 Å². The summed E-state index contributed by atoms with van der Waals surface area (Å²) in [5.41, 5.74) is 3.11. The molecule has 0 fully saturated rings. The zero-order valence-electron chi connectivity index (χ0n) is 19.5. The fourth-order valence-electron chi connectivity index (χ4n) is 4.98. The van der Waals surface area contributed by atoms with E-state index in [4.69, 9.17) is 5.10 Å². The van der Waals surface area contributed by atoms with Crippen molar-refractivity contribution < 1.29 is 4.79 Å². The van der Waals surface area contributed by atoms with Gasteiger partial charge in [0.1, 0.15) is 5.82 Å². The smallest absolute Gasteiger partial charge is 0.253 e. The van der Waals surface area contributed by atoms with Crippen molar-refractivity contribution in [1.29, 1.82) is 0 Å². The molecule has 0 aliphatic carbocycles. The minimum Gasteiger partial charge on any atom is -0.306 e. The molecule has 0 unspecified atom stereocenters. The Morgan fingerprint density at radius 1 is 0.914 bits per heavy atom. The van der Waals surface area contributed by atoms with E-state index < -0.39 is 0 Å². The molecule has 0 spiro atoms. The Morgan fingerprint density at radius 3 is 2.63 bits per heavy atom. The van der Waals surface area contributed by atoms with Crippen LogP contribution < -0.4 is 0 Å². The van der Waals surface area contributed by atoms with Crippen LogP contribution in [0.2, 0.25) is 0 Å². The van der Waals surface area contributed by atoms with E-state index in [1.54, 1.807) is 5.01 Å². The van der Waals surface area contributed by atoms with Gasteiger partial charge >= 0.3 is 0 Å². The van der Waals surface area contributed by atoms with Crippen molar-refractivity contribution in [3.63, 3.8) is 0 Å². The van der Waals surface area contributed by atoms with E-state index in [1.807, 2.05) is 30.3 Å². The van der Waals surface area contributed by atoms with Crippen LogP contribution in [0, 0.1) is 0 Å². The number of aryl methyl sites for hydroxylation is 1. The van der Waals surface area contributed by atoms with Gasteiger partial charge < -0.3 is 4.57 Å². The van der Waals surface area contributed by atoms with E-state index in [0.29, 0.717) is 6.42 Å². The third kappa shape index (κ3) is 4.48. The molecule has 0 radical (unpaired) electrons. The predicted octanol–water partition coefficient (Wildman–Crippen LogP) is 5.63. The molecular formula is C28H27N5OS. The molecule has 7 heteroatoms. The Labute approximate surface area is 209 Å². The summed E-state index contributed by atoms with van der Waals surface area (Å²) in [6.07, 6.45) is 5.15. The molecule has 1 amide bonds. The van der Waals surface area contributed by atoms with E-state index in [0.717, 1.165) is 53.6 Å². The van der Waals surface area contributed by atoms with Crippen molar-refractivity contribution in [2.24, 2.45) is 5.10 Å². The van der Waals surface area contributed by atoms with Gasteiger partial charge in [0.2, 0.25) is 0 Å². The minimum atomic E-state index is -0.110. The number of carbonyl (C=O) groups excluding carboxylic acids is 1. The third-order valence-corrected chi connectivity index (χ3v) is 7.78. The highest BCUT2D eigenvalue weighted by atomic mass is 32.2. The normalized spacial score (nSPS) is 17.8. The second-order valence-electron chi connectivity index (χ2n) is 9.13. The average Bonchev–Trinajstić information content (AvgIpc) is 3.45. The fraction of sp³-hybridized carbons (Fsp3) is 0.286. The number of rotatable bonds is 5. The van der Waals surface area contributed by atoms with Crippen LogP contribution in [0.5, 0.6) is 0 Å². The standard InChI is InChI=1S/C28H27N5OS/c34-27(19-35-28-30-29-26-13-5-2-8-16-32(26)28)33-25(21-10-3-1-4-11-21)18-24(31-33)23-15-14-20-9-6-7-12-22(20)17-23/h1,3-4,6-7,9-12,14-15,17,25H,2,5,8,13,16,18-19H2/t25-/m0/s1. The molecular weight excluding hydrogens is 454 g/mol. The summed E-state index contributed by atoms with van der Waals surface area (Å²) in [5.74, 6) is 1.32. The van der Waals surface area contributed by atoms with Crippen LogP contribution in [0.3, 0.4) is 0 Å². The number of hydrogen-bond acceptors (Lipinski definition) is 5. The van der Waals surface area contributed by atoms with Gasteiger partial charge in [-0.15, -0.1) is 10.2 Å². The van der Waals surface area contributed by atoms with Crippen LogP contribution in [0.4, 0.5) is 0 Å². The second kappa shape index (κ2) is 9.66. The van der Waals surface area contributed by atoms with Crippen LogP contribution in [0.1, 0.15) is 48.7 Å². The lowest BCUT2D eigenvalue weighted by atomic mass is 9.97. The van der Waals surface area contributed by atoms with Gasteiger partial charge in [-0.3, -0.25) is 4.79 Å². The summed E-state index contributed by atoms with van der Waals surface area (Å²) in [6.45, 7) is 0.930. The molecule has 6 rings (SSSR count). The molecule has 3 heterocycles. The summed E-state index contributed by atoms with van der Waals surface area (Å²) in [4.78, 5) is 13.5. The molecule has 0 saturated heterocycles. The SMILES string of the molecule is O=C(CSc1nnc2n1CCCCC2)N1N=C(c2ccc3ccccc3c2)C[C@H]1c1ccccc1. The molecule has 6 nitrogen and oxygen atoms in total. The van der Waals surface area contributed by atoms with Gasteiger partial charge in [-0.1, -0.05) is 84.9 Å². The lowest BCUT2D eigenvalue weighted by molar-refractivity contribution is -0.130. The van der Waals surface area contributed by atoms with Gasteiger partial charge in [0.25, 0.3) is 5.91 Å². The van der Waals surface area contributed by atoms with E-state index in [9.17, 15) is 4.79 Å². The molecule has 0 saturated carbocycles. The van der Waals surface area contributed by atoms with E-state index in [-0.39, 0.29) is 17.7 Å². The fourth-order valence-corrected chi connectivity index (χ4v) is 5.81. The first-order chi connectivity index (χ1) is 17.3. The third-order valence-electron chi connectivity index (χ3n) is 6.83. The number of thioether (sulfide) groups is 1. The number of nitrogens with zero attached hydrogens (tertiary/aromatic N) is 5. The highest BCUT2D eigenvalue weighted by Gasteiger charge is 2.33. The maximum atomic E-state index is 13.5. The Morgan fingerprint density at radius 2 is 1.74 bits per heavy atom. The summed E-state index contributed by atoms with van der Waals surface area (Å²) >= 11 is 1.47. The Bertz CT molecular complexity index is 1400. The average molecular weight is 482 g/mol. The van der Waals surface area contributed by atoms with Gasteiger partial charge in [0, 0.05) is 19.4 Å². The Balaban J connectivity index is 1.26. The minimum absolute atomic E-state index is 0.00869. The monoisotopic (exact) mass is 481 g/mol. The van der Waals surface area contributed by atoms with Gasteiger partial charge in [0.05, 0.1) is 17.5 Å².